The van der Waals surface area contributed by atoms with Crippen molar-refractivity contribution in [2.24, 2.45) is 11.7 Å². The van der Waals surface area contributed by atoms with E-state index in [1.54, 1.807) is 0 Å². The first-order valence-electron chi connectivity index (χ1n) is 15.3. The third-order valence-corrected chi connectivity index (χ3v) is 8.55. The van der Waals surface area contributed by atoms with Crippen LogP contribution in [0, 0.1) is 5.92 Å². The summed E-state index contributed by atoms with van der Waals surface area (Å²) in [6, 6.07) is 24.2. The second-order valence-electron chi connectivity index (χ2n) is 11.5. The number of hydrogen-bond donors (Lipinski definition) is 3. The first-order valence-corrected chi connectivity index (χ1v) is 15.3. The number of rotatable bonds is 12. The van der Waals surface area contributed by atoms with E-state index in [9.17, 15) is 14.7 Å². The topological polar surface area (TPSA) is 132 Å². The second-order valence-corrected chi connectivity index (χ2v) is 11.5. The van der Waals surface area contributed by atoms with E-state index >= 15 is 0 Å². The predicted molar refractivity (Wildman–Crippen MR) is 168 cm³/mol. The highest BCUT2D eigenvalue weighted by Gasteiger charge is 2.36. The number of benzene rings is 3. The van der Waals surface area contributed by atoms with Crippen molar-refractivity contribution >= 4 is 28.7 Å². The molecule has 0 spiro atoms. The Balaban J connectivity index is 1.16. The maximum atomic E-state index is 12.4. The summed E-state index contributed by atoms with van der Waals surface area (Å²) in [6.07, 6.45) is 1.33. The number of Topliss-reactive ketones (excluding diaryl/α,β-unsaturated/α-hetero) is 1. The van der Waals surface area contributed by atoms with Gasteiger partial charge in [-0.25, -0.2) is 4.98 Å². The fourth-order valence-electron chi connectivity index (χ4n) is 6.12. The number of carbonyl (C=O) groups is 2. The second kappa shape index (κ2) is 13.6. The number of anilines is 1. The number of carbonyl (C=O) groups excluding carboxylic acids is 2. The average molecular weight is 598 g/mol. The number of nitrogens with zero attached hydrogens (tertiary/aromatic N) is 3. The van der Waals surface area contributed by atoms with Crippen molar-refractivity contribution in [3.8, 4) is 16.9 Å². The van der Waals surface area contributed by atoms with Gasteiger partial charge in [0.2, 0.25) is 11.9 Å². The Kier molecular flexibility index (Phi) is 9.20. The van der Waals surface area contributed by atoms with Gasteiger partial charge in [0.05, 0.1) is 30.7 Å². The molecule has 0 aliphatic carbocycles. The number of aliphatic hydroxyl groups is 1. The maximum Gasteiger partial charge on any atom is 0.220 e. The van der Waals surface area contributed by atoms with Gasteiger partial charge in [-0.1, -0.05) is 54.6 Å². The lowest BCUT2D eigenvalue weighted by Crippen LogP contribution is -2.39. The highest BCUT2D eigenvalue weighted by Crippen LogP contribution is 2.34. The average Bonchev–Trinajstić information content (AvgIpc) is 3.62. The summed E-state index contributed by atoms with van der Waals surface area (Å²) in [5.41, 5.74) is 10.3. The number of nitrogens with two attached hydrogens (primary N) is 1. The van der Waals surface area contributed by atoms with Crippen molar-refractivity contribution in [3.05, 3.63) is 78.4 Å². The van der Waals surface area contributed by atoms with Crippen molar-refractivity contribution in [2.75, 3.05) is 38.2 Å². The minimum Gasteiger partial charge on any atom is -0.493 e. The number of imidazole rings is 1. The minimum atomic E-state index is -0.818. The molecule has 10 nitrogen and oxygen atoms in total. The quantitative estimate of drug-likeness (QED) is 0.208. The molecule has 2 atom stereocenters. The molecule has 2 fully saturated rings. The Labute approximate surface area is 256 Å². The molecule has 3 heterocycles. The summed E-state index contributed by atoms with van der Waals surface area (Å²) in [5.74, 6) is 1.10. The molecule has 44 heavy (non-hydrogen) atoms. The molecular weight excluding hydrogens is 558 g/mol. The van der Waals surface area contributed by atoms with Crippen molar-refractivity contribution in [3.63, 3.8) is 0 Å². The minimum absolute atomic E-state index is 0.00522. The van der Waals surface area contributed by atoms with E-state index in [1.807, 2.05) is 47.0 Å². The molecule has 0 saturated carbocycles. The monoisotopic (exact) mass is 597 g/mol. The van der Waals surface area contributed by atoms with Crippen LogP contribution in [-0.2, 0) is 20.9 Å². The van der Waals surface area contributed by atoms with Gasteiger partial charge in [-0.15, -0.1) is 0 Å². The van der Waals surface area contributed by atoms with Crippen LogP contribution in [0.15, 0.2) is 72.8 Å². The van der Waals surface area contributed by atoms with Gasteiger partial charge in [0.15, 0.2) is 5.78 Å². The normalized spacial score (nSPS) is 19.4. The maximum absolute atomic E-state index is 12.4. The third-order valence-electron chi connectivity index (χ3n) is 8.55. The Morgan fingerprint density at radius 2 is 1.84 bits per heavy atom. The molecule has 10 heteroatoms. The van der Waals surface area contributed by atoms with E-state index < -0.39 is 12.3 Å². The number of likely N-dealkylation sites (tertiary alicyclic amines) is 1. The SMILES string of the molecule is NC(=O)C1CCN(CCCOc2cc(CNc3nc4ccccc4n3[C@H]3CC(=O)[C@@H](CO)O3)ccc2-c2ccccc2)CC1. The Morgan fingerprint density at radius 3 is 2.59 bits per heavy atom. The number of fused-ring (bicyclic) bond motifs is 1. The van der Waals surface area contributed by atoms with E-state index in [4.69, 9.17) is 20.2 Å². The fourth-order valence-corrected chi connectivity index (χ4v) is 6.12. The van der Waals surface area contributed by atoms with E-state index in [1.165, 1.54) is 0 Å². The zero-order valence-electron chi connectivity index (χ0n) is 24.7. The first kappa shape index (κ1) is 29.8. The van der Waals surface area contributed by atoms with E-state index in [0.717, 1.165) is 72.4 Å². The highest BCUT2D eigenvalue weighted by atomic mass is 16.5. The van der Waals surface area contributed by atoms with E-state index in [2.05, 4.69) is 40.5 Å². The van der Waals surface area contributed by atoms with E-state index in [-0.39, 0.29) is 30.6 Å². The van der Waals surface area contributed by atoms with Crippen molar-refractivity contribution in [2.45, 2.75) is 44.6 Å². The van der Waals surface area contributed by atoms with Gasteiger partial charge in [0.1, 0.15) is 18.1 Å². The summed E-state index contributed by atoms with van der Waals surface area (Å²) >= 11 is 0. The predicted octanol–water partition coefficient (Wildman–Crippen LogP) is 4.13. The molecule has 1 aromatic heterocycles. The van der Waals surface area contributed by atoms with Gasteiger partial charge >= 0.3 is 0 Å². The lowest BCUT2D eigenvalue weighted by atomic mass is 9.96. The number of aliphatic hydroxyl groups excluding tert-OH is 1. The zero-order valence-corrected chi connectivity index (χ0v) is 24.7. The van der Waals surface area contributed by atoms with Crippen LogP contribution in [0.25, 0.3) is 22.2 Å². The van der Waals surface area contributed by atoms with Crippen molar-refractivity contribution in [1.29, 1.82) is 0 Å². The van der Waals surface area contributed by atoms with Crippen LogP contribution < -0.4 is 15.8 Å². The summed E-state index contributed by atoms with van der Waals surface area (Å²) in [6.45, 7) is 3.39. The molecule has 4 N–H and O–H groups in total. The van der Waals surface area contributed by atoms with E-state index in [0.29, 0.717) is 19.1 Å². The summed E-state index contributed by atoms with van der Waals surface area (Å²) < 4.78 is 14.2. The Bertz CT molecular complexity index is 1600. The number of ether oxygens (including phenoxy) is 2. The summed E-state index contributed by atoms with van der Waals surface area (Å²) in [7, 11) is 0. The molecule has 2 saturated heterocycles. The van der Waals surface area contributed by atoms with Crippen LogP contribution >= 0.6 is 0 Å². The van der Waals surface area contributed by atoms with Crippen LogP contribution in [0.4, 0.5) is 5.95 Å². The standard InChI is InChI=1S/C34H39N5O5/c35-33(42)25-13-16-38(17-14-25)15-6-18-43-30-19-23(11-12-26(30)24-7-2-1-3-8-24)21-36-34-37-27-9-4-5-10-28(27)39(34)32-20-29(41)31(22-40)44-32/h1-5,7-12,19,25,31-32,40H,6,13-18,20-22H2,(H2,35,42)(H,36,37)/t31-,32-/m1/s1. The highest BCUT2D eigenvalue weighted by molar-refractivity contribution is 5.86. The van der Waals surface area contributed by atoms with Crippen LogP contribution in [0.5, 0.6) is 5.75 Å². The molecule has 6 rings (SSSR count). The molecule has 0 radical (unpaired) electrons. The lowest BCUT2D eigenvalue weighted by molar-refractivity contribution is -0.125. The largest absolute Gasteiger partial charge is 0.493 e. The molecule has 2 aliphatic heterocycles. The zero-order chi connectivity index (χ0) is 30.5. The van der Waals surface area contributed by atoms with Crippen LogP contribution in [-0.4, -0.2) is 70.2 Å². The molecule has 3 aromatic carbocycles. The Morgan fingerprint density at radius 1 is 1.07 bits per heavy atom. The summed E-state index contributed by atoms with van der Waals surface area (Å²) in [4.78, 5) is 31.0. The number of hydrogen-bond acceptors (Lipinski definition) is 8. The van der Waals surface area contributed by atoms with Crippen LogP contribution in [0.2, 0.25) is 0 Å². The van der Waals surface area contributed by atoms with Crippen molar-refractivity contribution < 1.29 is 24.2 Å². The Hall–Kier alpha value is -4.25. The molecule has 2 aliphatic rings. The number of nitrogens with one attached hydrogen (secondary N) is 1. The molecule has 0 bridgehead atoms. The molecule has 230 valence electrons. The van der Waals surface area contributed by atoms with Crippen molar-refractivity contribution in [1.82, 2.24) is 14.5 Å². The fraction of sp³-hybridized carbons (Fsp3) is 0.382. The van der Waals surface area contributed by atoms with Gasteiger partial charge in [0, 0.05) is 24.6 Å². The summed E-state index contributed by atoms with van der Waals surface area (Å²) in [5, 5.41) is 13.0. The third kappa shape index (κ3) is 6.62. The molecular formula is C34H39N5O5. The first-order chi connectivity index (χ1) is 21.5. The van der Waals surface area contributed by atoms with Crippen LogP contribution in [0.1, 0.15) is 37.5 Å². The number of amides is 1. The van der Waals surface area contributed by atoms with Crippen LogP contribution in [0.3, 0.4) is 0 Å². The number of primary amides is 1. The smallest absolute Gasteiger partial charge is 0.220 e. The number of aromatic nitrogens is 2. The number of piperidine rings is 1. The number of para-hydroxylation sites is 2. The van der Waals surface area contributed by atoms with Gasteiger partial charge in [-0.05, 0) is 61.7 Å². The van der Waals surface area contributed by atoms with Gasteiger partial charge in [-0.3, -0.25) is 14.2 Å². The molecule has 0 unspecified atom stereocenters. The van der Waals surface area contributed by atoms with Gasteiger partial charge < -0.3 is 30.5 Å². The lowest BCUT2D eigenvalue weighted by Gasteiger charge is -2.30. The van der Waals surface area contributed by atoms with Gasteiger partial charge in [0.25, 0.3) is 0 Å². The number of ketones is 1. The molecule has 4 aromatic rings. The molecule has 1 amide bonds. The van der Waals surface area contributed by atoms with Gasteiger partial charge in [-0.2, -0.15) is 0 Å².